The fraction of sp³-hybridized carbons (Fsp3) is 0.632. The van der Waals surface area contributed by atoms with Gasteiger partial charge in [0, 0.05) is 11.6 Å². The summed E-state index contributed by atoms with van der Waals surface area (Å²) < 4.78 is 11.1. The fourth-order valence-electron chi connectivity index (χ4n) is 3.00. The van der Waals surface area contributed by atoms with Crippen LogP contribution in [-0.4, -0.2) is 25.7 Å². The van der Waals surface area contributed by atoms with Crippen LogP contribution in [0.4, 0.5) is 0 Å². The number of unbranched alkanes of at least 4 members (excludes halogenated alkanes) is 1. The van der Waals surface area contributed by atoms with E-state index in [0.717, 1.165) is 25.7 Å². The zero-order valence-corrected chi connectivity index (χ0v) is 15.5. The predicted molar refractivity (Wildman–Crippen MR) is 97.4 cm³/mol. The van der Waals surface area contributed by atoms with E-state index in [4.69, 9.17) is 21.1 Å². The molecule has 0 unspecified atom stereocenters. The summed E-state index contributed by atoms with van der Waals surface area (Å²) in [6.45, 7) is 2.68. The Labute approximate surface area is 149 Å². The van der Waals surface area contributed by atoms with Gasteiger partial charge in [0.1, 0.15) is 0 Å². The van der Waals surface area contributed by atoms with E-state index in [1.54, 1.807) is 19.2 Å². The molecule has 0 radical (unpaired) electrons. The molecule has 0 aromatic heterocycles. The quantitative estimate of drug-likeness (QED) is 0.555. The minimum atomic E-state index is -0.0952. The molecule has 5 heteroatoms. The number of rotatable bonds is 7. The number of halogens is 1. The van der Waals surface area contributed by atoms with Crippen molar-refractivity contribution in [1.82, 2.24) is 5.32 Å². The van der Waals surface area contributed by atoms with Crippen molar-refractivity contribution in [2.24, 2.45) is 0 Å². The van der Waals surface area contributed by atoms with Crippen molar-refractivity contribution in [2.45, 2.75) is 64.3 Å². The van der Waals surface area contributed by atoms with E-state index in [1.807, 2.05) is 0 Å². The highest BCUT2D eigenvalue weighted by atomic mass is 35.5. The Morgan fingerprint density at radius 1 is 1.25 bits per heavy atom. The Bertz CT molecular complexity index is 540. The van der Waals surface area contributed by atoms with Gasteiger partial charge in [-0.05, 0) is 31.4 Å². The average molecular weight is 354 g/mol. The fourth-order valence-corrected chi connectivity index (χ4v) is 3.27. The third-order valence-electron chi connectivity index (χ3n) is 4.43. The molecular weight excluding hydrogens is 326 g/mol. The summed E-state index contributed by atoms with van der Waals surface area (Å²) in [5, 5.41) is 3.54. The molecule has 0 aliphatic heterocycles. The highest BCUT2D eigenvalue weighted by Crippen LogP contribution is 2.36. The topological polar surface area (TPSA) is 47.6 Å². The van der Waals surface area contributed by atoms with Gasteiger partial charge in [-0.3, -0.25) is 4.79 Å². The molecule has 134 valence electrons. The van der Waals surface area contributed by atoms with Crippen molar-refractivity contribution in [1.29, 1.82) is 0 Å². The van der Waals surface area contributed by atoms with Crippen molar-refractivity contribution in [2.75, 3.05) is 13.7 Å². The van der Waals surface area contributed by atoms with E-state index < -0.39 is 0 Å². The molecule has 1 aliphatic rings. The lowest BCUT2D eigenvalue weighted by molar-refractivity contribution is 0.0933. The molecule has 0 bridgehead atoms. The Morgan fingerprint density at radius 2 is 1.96 bits per heavy atom. The first-order chi connectivity index (χ1) is 11.7. The lowest BCUT2D eigenvalue weighted by Crippen LogP contribution is -2.34. The molecule has 0 heterocycles. The number of hydrogen-bond donors (Lipinski definition) is 1. The first-order valence-corrected chi connectivity index (χ1v) is 9.34. The van der Waals surface area contributed by atoms with Crippen LogP contribution < -0.4 is 14.8 Å². The predicted octanol–water partition coefficient (Wildman–Crippen LogP) is 4.98. The van der Waals surface area contributed by atoms with Gasteiger partial charge in [0.15, 0.2) is 11.5 Å². The van der Waals surface area contributed by atoms with Crippen LogP contribution in [0.25, 0.3) is 0 Å². The van der Waals surface area contributed by atoms with Crippen molar-refractivity contribution < 1.29 is 14.3 Å². The number of hydrogen-bond acceptors (Lipinski definition) is 3. The summed E-state index contributed by atoms with van der Waals surface area (Å²) in [5.74, 6) is 0.922. The van der Waals surface area contributed by atoms with Crippen LogP contribution in [0.15, 0.2) is 12.1 Å². The van der Waals surface area contributed by atoms with Gasteiger partial charge in [-0.1, -0.05) is 50.6 Å². The summed E-state index contributed by atoms with van der Waals surface area (Å²) in [6, 6.07) is 3.63. The minimum absolute atomic E-state index is 0.0952. The average Bonchev–Trinajstić information content (AvgIpc) is 2.84. The van der Waals surface area contributed by atoms with E-state index >= 15 is 0 Å². The maximum absolute atomic E-state index is 12.6. The highest BCUT2D eigenvalue weighted by Gasteiger charge is 2.19. The monoisotopic (exact) mass is 353 g/mol. The normalized spacial score (nSPS) is 15.6. The van der Waals surface area contributed by atoms with E-state index in [1.165, 1.54) is 25.7 Å². The molecule has 1 aliphatic carbocycles. The van der Waals surface area contributed by atoms with Gasteiger partial charge in [0.05, 0.1) is 18.7 Å². The SMILES string of the molecule is CCCCOc1c(Cl)cc(C(=O)NC2CCCCCC2)cc1OC. The maximum atomic E-state index is 12.6. The second-order valence-corrected chi connectivity index (χ2v) is 6.76. The van der Waals surface area contributed by atoms with Crippen molar-refractivity contribution in [3.63, 3.8) is 0 Å². The number of methoxy groups -OCH3 is 1. The van der Waals surface area contributed by atoms with Gasteiger partial charge in [-0.2, -0.15) is 0 Å². The maximum Gasteiger partial charge on any atom is 0.251 e. The van der Waals surface area contributed by atoms with Crippen LogP contribution in [0.2, 0.25) is 5.02 Å². The standard InChI is InChI=1S/C19H28ClNO3/c1-3-4-11-24-18-16(20)12-14(13-17(18)23-2)19(22)21-15-9-7-5-6-8-10-15/h12-13,15H,3-11H2,1-2H3,(H,21,22). The van der Waals surface area contributed by atoms with Crippen LogP contribution in [0.3, 0.4) is 0 Å². The van der Waals surface area contributed by atoms with Crippen molar-refractivity contribution >= 4 is 17.5 Å². The Kier molecular flexibility index (Phi) is 7.70. The second-order valence-electron chi connectivity index (χ2n) is 6.35. The molecule has 1 amide bonds. The first-order valence-electron chi connectivity index (χ1n) is 8.97. The molecule has 1 fully saturated rings. The summed E-state index contributed by atoms with van der Waals surface area (Å²) in [4.78, 5) is 12.6. The largest absolute Gasteiger partial charge is 0.493 e. The second kappa shape index (κ2) is 9.77. The van der Waals surface area contributed by atoms with Gasteiger partial charge in [0.25, 0.3) is 5.91 Å². The molecule has 2 rings (SSSR count). The third kappa shape index (κ3) is 5.30. The Hall–Kier alpha value is -1.42. The van der Waals surface area contributed by atoms with Gasteiger partial charge in [0.2, 0.25) is 0 Å². The molecule has 24 heavy (non-hydrogen) atoms. The number of carbonyl (C=O) groups excluding carboxylic acids is 1. The number of amides is 1. The molecule has 1 aromatic carbocycles. The zero-order chi connectivity index (χ0) is 17.4. The molecular formula is C19H28ClNO3. The van der Waals surface area contributed by atoms with E-state index in [2.05, 4.69) is 12.2 Å². The zero-order valence-electron chi connectivity index (χ0n) is 14.7. The van der Waals surface area contributed by atoms with Crippen LogP contribution in [0.5, 0.6) is 11.5 Å². The summed E-state index contributed by atoms with van der Waals surface area (Å²) in [6.07, 6.45) is 8.97. The molecule has 4 nitrogen and oxygen atoms in total. The number of nitrogens with one attached hydrogen (secondary N) is 1. The summed E-state index contributed by atoms with van der Waals surface area (Å²) in [7, 11) is 1.56. The van der Waals surface area contributed by atoms with Crippen LogP contribution in [-0.2, 0) is 0 Å². The molecule has 1 N–H and O–H groups in total. The molecule has 0 atom stereocenters. The van der Waals surface area contributed by atoms with Gasteiger partial charge in [-0.25, -0.2) is 0 Å². The molecule has 1 saturated carbocycles. The Morgan fingerprint density at radius 3 is 2.58 bits per heavy atom. The molecule has 0 spiro atoms. The number of ether oxygens (including phenoxy) is 2. The van der Waals surface area contributed by atoms with E-state index in [-0.39, 0.29) is 11.9 Å². The molecule has 0 saturated heterocycles. The van der Waals surface area contributed by atoms with Crippen LogP contribution in [0.1, 0.15) is 68.6 Å². The van der Waals surface area contributed by atoms with Gasteiger partial charge in [-0.15, -0.1) is 0 Å². The van der Waals surface area contributed by atoms with Crippen LogP contribution >= 0.6 is 11.6 Å². The lowest BCUT2D eigenvalue weighted by atomic mass is 10.1. The Balaban J connectivity index is 2.08. The van der Waals surface area contributed by atoms with E-state index in [9.17, 15) is 4.79 Å². The van der Waals surface area contributed by atoms with Crippen LogP contribution in [0, 0.1) is 0 Å². The van der Waals surface area contributed by atoms with Crippen molar-refractivity contribution in [3.05, 3.63) is 22.7 Å². The van der Waals surface area contributed by atoms with E-state index in [0.29, 0.717) is 28.7 Å². The highest BCUT2D eigenvalue weighted by molar-refractivity contribution is 6.32. The number of carbonyl (C=O) groups is 1. The van der Waals surface area contributed by atoms with Gasteiger partial charge >= 0.3 is 0 Å². The minimum Gasteiger partial charge on any atom is -0.493 e. The molecule has 1 aromatic rings. The first kappa shape index (κ1) is 18.9. The lowest BCUT2D eigenvalue weighted by Gasteiger charge is -2.18. The third-order valence-corrected chi connectivity index (χ3v) is 4.71. The van der Waals surface area contributed by atoms with Crippen molar-refractivity contribution in [3.8, 4) is 11.5 Å². The summed E-state index contributed by atoms with van der Waals surface area (Å²) >= 11 is 6.32. The number of benzene rings is 1. The smallest absolute Gasteiger partial charge is 0.251 e. The summed E-state index contributed by atoms with van der Waals surface area (Å²) in [5.41, 5.74) is 0.518. The van der Waals surface area contributed by atoms with Gasteiger partial charge < -0.3 is 14.8 Å².